The van der Waals surface area contributed by atoms with Gasteiger partial charge in [-0.15, -0.1) is 0 Å². The topological polar surface area (TPSA) is 76.7 Å². The van der Waals surface area contributed by atoms with E-state index >= 15 is 0 Å². The van der Waals surface area contributed by atoms with Gasteiger partial charge in [-0.2, -0.15) is 5.10 Å². The Morgan fingerprint density at radius 1 is 1.02 bits per heavy atom. The van der Waals surface area contributed by atoms with Crippen molar-refractivity contribution in [2.45, 2.75) is 71.3 Å². The van der Waals surface area contributed by atoms with Crippen LogP contribution < -0.4 is 4.74 Å². The van der Waals surface area contributed by atoms with Crippen molar-refractivity contribution in [1.82, 2.24) is 14.3 Å². The van der Waals surface area contributed by atoms with E-state index in [-0.39, 0.29) is 11.0 Å². The largest absolute Gasteiger partial charge is 0.497 e. The van der Waals surface area contributed by atoms with Gasteiger partial charge in [0.1, 0.15) is 11.4 Å². The molecule has 0 N–H and O–H groups in total. The summed E-state index contributed by atoms with van der Waals surface area (Å²) in [6, 6.07) is 11.8. The van der Waals surface area contributed by atoms with Gasteiger partial charge >= 0.3 is 5.97 Å². The monoisotopic (exact) mass is 639 g/mol. The van der Waals surface area contributed by atoms with Crippen molar-refractivity contribution in [2.24, 2.45) is 7.05 Å². The first-order valence-corrected chi connectivity index (χ1v) is 18.4. The smallest absolute Gasteiger partial charge is 0.354 e. The second kappa shape index (κ2) is 14.3. The fourth-order valence-electron chi connectivity index (χ4n) is 5.15. The van der Waals surface area contributed by atoms with Crippen molar-refractivity contribution in [3.05, 3.63) is 70.6 Å². The Morgan fingerprint density at radius 3 is 2.36 bits per heavy atom. The minimum atomic E-state index is -1.89. The molecular weight excluding hydrogens is 594 g/mol. The lowest BCUT2D eigenvalue weighted by Crippen LogP contribution is -2.41. The van der Waals surface area contributed by atoms with Gasteiger partial charge in [-0.1, -0.05) is 50.6 Å². The molecule has 4 rings (SSSR count). The third kappa shape index (κ3) is 7.57. The molecule has 10 heteroatoms. The van der Waals surface area contributed by atoms with Crippen LogP contribution in [0.2, 0.25) is 23.2 Å². The molecule has 2 heterocycles. The number of fused-ring (bicyclic) bond motifs is 1. The zero-order chi connectivity index (χ0) is 32.1. The maximum absolute atomic E-state index is 13.5. The van der Waals surface area contributed by atoms with Gasteiger partial charge in [0.2, 0.25) is 0 Å². The Labute approximate surface area is 267 Å². The molecule has 0 atom stereocenters. The van der Waals surface area contributed by atoms with Crippen LogP contribution in [0.25, 0.3) is 22.0 Å². The quantitative estimate of drug-likeness (QED) is 0.0789. The average molecular weight is 640 g/mol. The van der Waals surface area contributed by atoms with Crippen molar-refractivity contribution in [3.8, 4) is 16.9 Å². The SMILES string of the molecule is COC(=O)c1c(CCCO[Si](C)(C)C(C)(C)C)c2ccc(Cl)c(-c3cnn(C)c3)c2n1CCCOCc1ccc(OC)cc1. The first-order chi connectivity index (χ1) is 20.9. The predicted octanol–water partition coefficient (Wildman–Crippen LogP) is 8.05. The normalized spacial score (nSPS) is 12.2. The van der Waals surface area contributed by atoms with Crippen LogP contribution in [0.15, 0.2) is 48.8 Å². The molecule has 0 amide bonds. The van der Waals surface area contributed by atoms with Crippen molar-refractivity contribution in [2.75, 3.05) is 27.4 Å². The number of aryl methyl sites for hydroxylation is 3. The molecule has 0 aliphatic rings. The number of carbonyl (C=O) groups is 1. The molecule has 4 aromatic rings. The van der Waals surface area contributed by atoms with Gasteiger partial charge in [0.25, 0.3) is 0 Å². The van der Waals surface area contributed by atoms with E-state index in [2.05, 4.69) is 43.5 Å². The Balaban J connectivity index is 1.66. The van der Waals surface area contributed by atoms with Gasteiger partial charge in [0.15, 0.2) is 8.32 Å². The minimum Gasteiger partial charge on any atom is -0.497 e. The van der Waals surface area contributed by atoms with Crippen LogP contribution in [0.4, 0.5) is 0 Å². The van der Waals surface area contributed by atoms with E-state index in [1.165, 1.54) is 7.11 Å². The Kier molecular flexibility index (Phi) is 11.0. The number of hydrogen-bond donors (Lipinski definition) is 0. The van der Waals surface area contributed by atoms with Crippen LogP contribution in [-0.4, -0.2) is 56.1 Å². The van der Waals surface area contributed by atoms with Crippen LogP contribution in [0, 0.1) is 0 Å². The van der Waals surface area contributed by atoms with Gasteiger partial charge < -0.3 is 23.2 Å². The zero-order valence-electron chi connectivity index (χ0n) is 27.3. The van der Waals surface area contributed by atoms with Crippen molar-refractivity contribution in [3.63, 3.8) is 0 Å². The molecule has 0 aliphatic carbocycles. The zero-order valence-corrected chi connectivity index (χ0v) is 29.1. The molecule has 238 valence electrons. The number of methoxy groups -OCH3 is 2. The Morgan fingerprint density at radius 2 is 1.75 bits per heavy atom. The lowest BCUT2D eigenvalue weighted by atomic mass is 10.0. The molecule has 0 bridgehead atoms. The van der Waals surface area contributed by atoms with E-state index in [4.69, 9.17) is 30.2 Å². The maximum Gasteiger partial charge on any atom is 0.354 e. The summed E-state index contributed by atoms with van der Waals surface area (Å²) in [5.41, 5.74) is 5.22. The van der Waals surface area contributed by atoms with Gasteiger partial charge in [-0.25, -0.2) is 4.79 Å². The fraction of sp³-hybridized carbons (Fsp3) is 0.471. The van der Waals surface area contributed by atoms with Crippen LogP contribution in [0.5, 0.6) is 5.75 Å². The molecular formula is C34H46ClN3O5Si. The lowest BCUT2D eigenvalue weighted by Gasteiger charge is -2.36. The number of benzene rings is 2. The Hall–Kier alpha value is -3.11. The summed E-state index contributed by atoms with van der Waals surface area (Å²) in [7, 11) is 3.07. The molecule has 8 nitrogen and oxygen atoms in total. The van der Waals surface area contributed by atoms with Crippen molar-refractivity contribution in [1.29, 1.82) is 0 Å². The molecule has 0 spiro atoms. The number of rotatable bonds is 14. The van der Waals surface area contributed by atoms with E-state index in [0.717, 1.165) is 45.3 Å². The summed E-state index contributed by atoms with van der Waals surface area (Å²) in [6.07, 6.45) is 5.90. The molecule has 2 aromatic carbocycles. The summed E-state index contributed by atoms with van der Waals surface area (Å²) >= 11 is 6.87. The molecule has 0 fully saturated rings. The fourth-order valence-corrected chi connectivity index (χ4v) is 6.50. The number of nitrogens with zero attached hydrogens (tertiary/aromatic N) is 3. The van der Waals surface area contributed by atoms with E-state index in [0.29, 0.717) is 49.9 Å². The van der Waals surface area contributed by atoms with Crippen LogP contribution in [-0.2, 0) is 40.5 Å². The number of halogens is 1. The molecule has 0 saturated heterocycles. The van der Waals surface area contributed by atoms with E-state index < -0.39 is 8.32 Å². The summed E-state index contributed by atoms with van der Waals surface area (Å²) in [5.74, 6) is 0.447. The van der Waals surface area contributed by atoms with Gasteiger partial charge in [-0.3, -0.25) is 4.68 Å². The highest BCUT2D eigenvalue weighted by Crippen LogP contribution is 2.40. The standard InChI is InChI=1S/C34H46ClN3O5Si/c1-34(2,3)44(7,8)43-20-9-11-27-28-16-17-29(35)30(25-21-36-37(4)22-25)31(28)38(32(27)33(39)41-6)18-10-19-42-23-24-12-14-26(40-5)15-13-24/h12-17,21-22H,9-11,18-20,23H2,1-8H3. The molecule has 0 saturated carbocycles. The van der Waals surface area contributed by atoms with E-state index in [1.807, 2.05) is 49.6 Å². The van der Waals surface area contributed by atoms with E-state index in [1.54, 1.807) is 18.0 Å². The number of aromatic nitrogens is 3. The van der Waals surface area contributed by atoms with Crippen LogP contribution in [0.3, 0.4) is 0 Å². The third-order valence-corrected chi connectivity index (χ3v) is 13.4. The summed E-state index contributed by atoms with van der Waals surface area (Å²) < 4.78 is 26.9. The van der Waals surface area contributed by atoms with Gasteiger partial charge in [0.05, 0.1) is 37.6 Å². The highest BCUT2D eigenvalue weighted by atomic mass is 35.5. The van der Waals surface area contributed by atoms with Crippen LogP contribution >= 0.6 is 11.6 Å². The van der Waals surface area contributed by atoms with Crippen molar-refractivity contribution < 1.29 is 23.4 Å². The van der Waals surface area contributed by atoms with Crippen LogP contribution in [0.1, 0.15) is 55.2 Å². The molecule has 0 aliphatic heterocycles. The first-order valence-electron chi connectivity index (χ1n) is 15.1. The first kappa shape index (κ1) is 33.8. The van der Waals surface area contributed by atoms with Gasteiger partial charge in [0, 0.05) is 49.5 Å². The van der Waals surface area contributed by atoms with Crippen molar-refractivity contribution >= 4 is 36.8 Å². The average Bonchev–Trinajstić information content (AvgIpc) is 3.55. The minimum absolute atomic E-state index is 0.130. The number of hydrogen-bond acceptors (Lipinski definition) is 6. The Bertz CT molecular complexity index is 1570. The predicted molar refractivity (Wildman–Crippen MR) is 179 cm³/mol. The second-order valence-corrected chi connectivity index (χ2v) is 17.9. The number of carbonyl (C=O) groups excluding carboxylic acids is 1. The summed E-state index contributed by atoms with van der Waals surface area (Å²) in [5, 5.41) is 6.11. The maximum atomic E-state index is 13.5. The molecule has 44 heavy (non-hydrogen) atoms. The summed E-state index contributed by atoms with van der Waals surface area (Å²) in [6.45, 7) is 13.4. The number of ether oxygens (including phenoxy) is 3. The highest BCUT2D eigenvalue weighted by molar-refractivity contribution is 6.74. The third-order valence-electron chi connectivity index (χ3n) is 8.59. The molecule has 0 unspecified atom stereocenters. The second-order valence-electron chi connectivity index (χ2n) is 12.7. The molecule has 2 aromatic heterocycles. The van der Waals surface area contributed by atoms with Gasteiger partial charge in [-0.05, 0) is 66.7 Å². The van der Waals surface area contributed by atoms with E-state index in [9.17, 15) is 4.79 Å². The highest BCUT2D eigenvalue weighted by Gasteiger charge is 2.37. The lowest BCUT2D eigenvalue weighted by molar-refractivity contribution is 0.0585. The summed E-state index contributed by atoms with van der Waals surface area (Å²) in [4.78, 5) is 13.5. The number of esters is 1. The molecule has 0 radical (unpaired) electrons.